The summed E-state index contributed by atoms with van der Waals surface area (Å²) in [6.07, 6.45) is 0. The van der Waals surface area contributed by atoms with Crippen LogP contribution in [0.15, 0.2) is 60.0 Å². The van der Waals surface area contributed by atoms with Gasteiger partial charge in [0.25, 0.3) is 11.8 Å². The number of hydrogen-bond donors (Lipinski definition) is 0. The van der Waals surface area contributed by atoms with Gasteiger partial charge in [-0.05, 0) is 17.7 Å². The first-order valence-electron chi connectivity index (χ1n) is 10.7. The molecular formula is C24H24N4O3S. The minimum atomic E-state index is -0.110. The zero-order valence-electron chi connectivity index (χ0n) is 17.6. The molecule has 2 aromatic carbocycles. The van der Waals surface area contributed by atoms with Gasteiger partial charge in [-0.3, -0.25) is 19.4 Å². The maximum absolute atomic E-state index is 13.0. The summed E-state index contributed by atoms with van der Waals surface area (Å²) in [6.45, 7) is 4.32. The Balaban J connectivity index is 1.20. The summed E-state index contributed by atoms with van der Waals surface area (Å²) in [5, 5.41) is 2.53. The summed E-state index contributed by atoms with van der Waals surface area (Å²) in [5.41, 5.74) is 2.48. The lowest BCUT2D eigenvalue weighted by molar-refractivity contribution is -0.121. The van der Waals surface area contributed by atoms with Gasteiger partial charge >= 0.3 is 0 Å². The highest BCUT2D eigenvalue weighted by Gasteiger charge is 2.28. The molecule has 2 aliphatic heterocycles. The van der Waals surface area contributed by atoms with Crippen molar-refractivity contribution in [3.05, 3.63) is 76.2 Å². The molecule has 0 spiro atoms. The Labute approximate surface area is 190 Å². The van der Waals surface area contributed by atoms with Crippen molar-refractivity contribution in [1.29, 1.82) is 0 Å². The number of carbonyl (C=O) groups is 2. The molecule has 1 aromatic heterocycles. The molecule has 0 unspecified atom stereocenters. The SMILES string of the molecule is O=C(c1csc(CN2C(=O)COc3ccccc32)n1)N1CCN(Cc2ccccc2)CC1. The third kappa shape index (κ3) is 4.37. The van der Waals surface area contributed by atoms with Crippen molar-refractivity contribution in [3.63, 3.8) is 0 Å². The fraction of sp³-hybridized carbons (Fsp3) is 0.292. The summed E-state index contributed by atoms with van der Waals surface area (Å²) < 4.78 is 5.50. The van der Waals surface area contributed by atoms with Crippen LogP contribution in [0.5, 0.6) is 5.75 Å². The highest BCUT2D eigenvalue weighted by molar-refractivity contribution is 7.09. The first-order chi connectivity index (χ1) is 15.7. The monoisotopic (exact) mass is 448 g/mol. The topological polar surface area (TPSA) is 66.0 Å². The molecule has 2 aliphatic rings. The Kier molecular flexibility index (Phi) is 5.87. The van der Waals surface area contributed by atoms with Crippen molar-refractivity contribution in [3.8, 4) is 5.75 Å². The molecule has 0 bridgehead atoms. The molecule has 1 saturated heterocycles. The van der Waals surface area contributed by atoms with Gasteiger partial charge in [0.15, 0.2) is 6.61 Å². The molecule has 1 fully saturated rings. The highest BCUT2D eigenvalue weighted by Crippen LogP contribution is 2.33. The number of piperazine rings is 1. The number of nitrogens with zero attached hydrogens (tertiary/aromatic N) is 4. The van der Waals surface area contributed by atoms with E-state index in [4.69, 9.17) is 4.74 Å². The van der Waals surface area contributed by atoms with E-state index in [9.17, 15) is 9.59 Å². The zero-order valence-corrected chi connectivity index (χ0v) is 18.5. The number of rotatable bonds is 5. The van der Waals surface area contributed by atoms with Gasteiger partial charge in [0.05, 0.1) is 12.2 Å². The van der Waals surface area contributed by atoms with Crippen molar-refractivity contribution in [1.82, 2.24) is 14.8 Å². The van der Waals surface area contributed by atoms with E-state index in [1.807, 2.05) is 35.2 Å². The molecule has 3 heterocycles. The predicted octanol–water partition coefficient (Wildman–Crippen LogP) is 3.03. The van der Waals surface area contributed by atoms with E-state index < -0.39 is 0 Å². The lowest BCUT2D eigenvalue weighted by atomic mass is 10.2. The van der Waals surface area contributed by atoms with Gasteiger partial charge in [-0.2, -0.15) is 0 Å². The van der Waals surface area contributed by atoms with Crippen LogP contribution in [0.2, 0.25) is 0 Å². The number of fused-ring (bicyclic) bond motifs is 1. The van der Waals surface area contributed by atoms with Gasteiger partial charge in [-0.25, -0.2) is 4.98 Å². The molecule has 2 amide bonds. The van der Waals surface area contributed by atoms with E-state index in [2.05, 4.69) is 34.1 Å². The molecule has 32 heavy (non-hydrogen) atoms. The van der Waals surface area contributed by atoms with E-state index in [-0.39, 0.29) is 18.4 Å². The van der Waals surface area contributed by atoms with Gasteiger partial charge in [0.2, 0.25) is 0 Å². The largest absolute Gasteiger partial charge is 0.482 e. The molecule has 3 aromatic rings. The standard InChI is InChI=1S/C24H24N4O3S/c29-23-16-31-21-9-5-4-8-20(21)28(23)15-22-25-19(17-32-22)24(30)27-12-10-26(11-13-27)14-18-6-2-1-3-7-18/h1-9,17H,10-16H2. The van der Waals surface area contributed by atoms with Gasteiger partial charge in [0, 0.05) is 38.1 Å². The van der Waals surface area contributed by atoms with Crippen molar-refractivity contribution >= 4 is 28.8 Å². The predicted molar refractivity (Wildman–Crippen MR) is 123 cm³/mol. The Bertz CT molecular complexity index is 1110. The second-order valence-electron chi connectivity index (χ2n) is 7.92. The fourth-order valence-corrected chi connectivity index (χ4v) is 4.81. The molecule has 0 aliphatic carbocycles. The molecule has 0 saturated carbocycles. The van der Waals surface area contributed by atoms with Crippen molar-refractivity contribution in [2.75, 3.05) is 37.7 Å². The first kappa shape index (κ1) is 20.7. The van der Waals surface area contributed by atoms with Crippen LogP contribution in [0.3, 0.4) is 0 Å². The zero-order chi connectivity index (χ0) is 21.9. The van der Waals surface area contributed by atoms with Crippen LogP contribution in [0.25, 0.3) is 0 Å². The second-order valence-corrected chi connectivity index (χ2v) is 8.86. The Morgan fingerprint density at radius 3 is 2.53 bits per heavy atom. The van der Waals surface area contributed by atoms with Crippen molar-refractivity contribution < 1.29 is 14.3 Å². The number of ether oxygens (including phenoxy) is 1. The van der Waals surface area contributed by atoms with Gasteiger partial charge < -0.3 is 9.64 Å². The number of hydrogen-bond acceptors (Lipinski definition) is 6. The average molecular weight is 449 g/mol. The number of thiazole rings is 1. The lowest BCUT2D eigenvalue weighted by Crippen LogP contribution is -2.48. The molecule has 0 atom stereocenters. The second kappa shape index (κ2) is 9.10. The molecule has 0 radical (unpaired) electrons. The molecule has 8 heteroatoms. The summed E-state index contributed by atoms with van der Waals surface area (Å²) in [4.78, 5) is 35.9. The van der Waals surface area contributed by atoms with Crippen LogP contribution in [0.1, 0.15) is 21.1 Å². The van der Waals surface area contributed by atoms with E-state index in [0.29, 0.717) is 31.1 Å². The fourth-order valence-electron chi connectivity index (χ4n) is 4.06. The van der Waals surface area contributed by atoms with Crippen molar-refractivity contribution in [2.24, 2.45) is 0 Å². The number of para-hydroxylation sites is 2. The number of carbonyl (C=O) groups excluding carboxylic acids is 2. The van der Waals surface area contributed by atoms with Crippen LogP contribution in [-0.4, -0.2) is 59.4 Å². The number of aromatic nitrogens is 1. The Morgan fingerprint density at radius 1 is 0.969 bits per heavy atom. The summed E-state index contributed by atoms with van der Waals surface area (Å²) in [5.74, 6) is 0.537. The molecule has 0 N–H and O–H groups in total. The van der Waals surface area contributed by atoms with E-state index >= 15 is 0 Å². The Hall–Kier alpha value is -3.23. The minimum absolute atomic E-state index is 0.0153. The molecular weight excluding hydrogens is 424 g/mol. The molecule has 5 rings (SSSR count). The average Bonchev–Trinajstić information content (AvgIpc) is 3.30. The number of amides is 2. The van der Waals surface area contributed by atoms with Gasteiger partial charge in [-0.15, -0.1) is 11.3 Å². The van der Waals surface area contributed by atoms with Crippen LogP contribution in [0, 0.1) is 0 Å². The first-order valence-corrected chi connectivity index (χ1v) is 11.6. The normalized spacial score (nSPS) is 16.6. The third-order valence-electron chi connectivity index (χ3n) is 5.78. The third-order valence-corrected chi connectivity index (χ3v) is 6.61. The van der Waals surface area contributed by atoms with Crippen LogP contribution in [0.4, 0.5) is 5.69 Å². The Morgan fingerprint density at radius 2 is 1.72 bits per heavy atom. The minimum Gasteiger partial charge on any atom is -0.482 e. The van der Waals surface area contributed by atoms with E-state index in [1.165, 1.54) is 16.9 Å². The lowest BCUT2D eigenvalue weighted by Gasteiger charge is -2.34. The molecule has 164 valence electrons. The van der Waals surface area contributed by atoms with Gasteiger partial charge in [0.1, 0.15) is 16.5 Å². The maximum Gasteiger partial charge on any atom is 0.273 e. The number of anilines is 1. The van der Waals surface area contributed by atoms with E-state index in [1.54, 1.807) is 10.3 Å². The maximum atomic E-state index is 13.0. The quantitative estimate of drug-likeness (QED) is 0.600. The van der Waals surface area contributed by atoms with Crippen LogP contribution in [-0.2, 0) is 17.9 Å². The van der Waals surface area contributed by atoms with Crippen LogP contribution < -0.4 is 9.64 Å². The summed E-state index contributed by atoms with van der Waals surface area (Å²) in [6, 6.07) is 17.9. The van der Waals surface area contributed by atoms with Gasteiger partial charge in [-0.1, -0.05) is 42.5 Å². The summed E-state index contributed by atoms with van der Waals surface area (Å²) >= 11 is 1.41. The van der Waals surface area contributed by atoms with E-state index in [0.717, 1.165) is 30.3 Å². The summed E-state index contributed by atoms with van der Waals surface area (Å²) in [7, 11) is 0. The van der Waals surface area contributed by atoms with Crippen molar-refractivity contribution in [2.45, 2.75) is 13.1 Å². The smallest absolute Gasteiger partial charge is 0.273 e. The van der Waals surface area contributed by atoms with Crippen LogP contribution >= 0.6 is 11.3 Å². The molecule has 7 nitrogen and oxygen atoms in total. The highest BCUT2D eigenvalue weighted by atomic mass is 32.1. The number of benzene rings is 2.